The standard InChI is InChI=1S/C21H40N6O2/c1-22-20(23-18-21(24(2)3)7-15-29-16-8-21)27-13-11-25(12-14-27)17-19(28)26-9-5-4-6-10-26/h4-18H2,1-3H3,(H,22,23). The number of likely N-dealkylation sites (tertiary alicyclic amines) is 1. The van der Waals surface area contributed by atoms with Gasteiger partial charge in [0, 0.05) is 71.6 Å². The van der Waals surface area contributed by atoms with Crippen LogP contribution in [0.25, 0.3) is 0 Å². The van der Waals surface area contributed by atoms with Crippen LogP contribution in [-0.4, -0.2) is 124 Å². The van der Waals surface area contributed by atoms with Crippen LogP contribution in [0, 0.1) is 0 Å². The summed E-state index contributed by atoms with van der Waals surface area (Å²) < 4.78 is 5.58. The fraction of sp³-hybridized carbons (Fsp3) is 0.905. The van der Waals surface area contributed by atoms with E-state index in [2.05, 4.69) is 39.1 Å². The zero-order chi connectivity index (χ0) is 20.7. The minimum absolute atomic E-state index is 0.122. The molecule has 0 atom stereocenters. The summed E-state index contributed by atoms with van der Waals surface area (Å²) in [6.07, 6.45) is 5.65. The second kappa shape index (κ2) is 10.6. The molecule has 0 bridgehead atoms. The maximum atomic E-state index is 12.5. The number of aliphatic imine (C=N–C) groups is 1. The van der Waals surface area contributed by atoms with Crippen molar-refractivity contribution in [1.29, 1.82) is 0 Å². The highest BCUT2D eigenvalue weighted by molar-refractivity contribution is 5.80. The third-order valence-corrected chi connectivity index (χ3v) is 6.90. The molecule has 0 aromatic heterocycles. The van der Waals surface area contributed by atoms with E-state index >= 15 is 0 Å². The monoisotopic (exact) mass is 408 g/mol. The highest BCUT2D eigenvalue weighted by Gasteiger charge is 2.35. The summed E-state index contributed by atoms with van der Waals surface area (Å²) >= 11 is 0. The van der Waals surface area contributed by atoms with E-state index in [1.165, 1.54) is 6.42 Å². The lowest BCUT2D eigenvalue weighted by Crippen LogP contribution is -2.59. The van der Waals surface area contributed by atoms with Crippen molar-refractivity contribution in [2.45, 2.75) is 37.6 Å². The van der Waals surface area contributed by atoms with Gasteiger partial charge in [-0.3, -0.25) is 14.7 Å². The molecule has 3 aliphatic rings. The number of hydrogen-bond donors (Lipinski definition) is 1. The predicted octanol–water partition coefficient (Wildman–Crippen LogP) is 0.303. The number of guanidine groups is 1. The predicted molar refractivity (Wildman–Crippen MR) is 116 cm³/mol. The van der Waals surface area contributed by atoms with Gasteiger partial charge in [0.25, 0.3) is 0 Å². The Hall–Kier alpha value is -1.38. The second-order valence-electron chi connectivity index (χ2n) is 8.84. The number of amides is 1. The average molecular weight is 409 g/mol. The van der Waals surface area contributed by atoms with Crippen molar-refractivity contribution in [3.8, 4) is 0 Å². The number of carbonyl (C=O) groups excluding carboxylic acids is 1. The first-order valence-corrected chi connectivity index (χ1v) is 11.2. The number of nitrogens with zero attached hydrogens (tertiary/aromatic N) is 5. The van der Waals surface area contributed by atoms with E-state index in [0.29, 0.717) is 12.5 Å². The van der Waals surface area contributed by atoms with E-state index in [9.17, 15) is 4.79 Å². The first kappa shape index (κ1) is 22.3. The number of rotatable bonds is 5. The van der Waals surface area contributed by atoms with Gasteiger partial charge in [0.15, 0.2) is 5.96 Å². The molecule has 0 radical (unpaired) electrons. The maximum absolute atomic E-state index is 12.5. The maximum Gasteiger partial charge on any atom is 0.236 e. The fourth-order valence-corrected chi connectivity index (χ4v) is 4.66. The van der Waals surface area contributed by atoms with Crippen molar-refractivity contribution in [3.05, 3.63) is 0 Å². The first-order valence-electron chi connectivity index (χ1n) is 11.2. The van der Waals surface area contributed by atoms with Crippen LogP contribution in [0.2, 0.25) is 0 Å². The van der Waals surface area contributed by atoms with Gasteiger partial charge in [0.05, 0.1) is 6.54 Å². The molecule has 3 heterocycles. The Morgan fingerprint density at radius 3 is 2.24 bits per heavy atom. The van der Waals surface area contributed by atoms with Crippen molar-refractivity contribution in [2.24, 2.45) is 4.99 Å². The largest absolute Gasteiger partial charge is 0.381 e. The summed E-state index contributed by atoms with van der Waals surface area (Å²) in [5.74, 6) is 1.27. The lowest BCUT2D eigenvalue weighted by atomic mass is 9.88. The summed E-state index contributed by atoms with van der Waals surface area (Å²) in [5, 5.41) is 3.62. The molecule has 166 valence electrons. The van der Waals surface area contributed by atoms with Crippen LogP contribution >= 0.6 is 0 Å². The van der Waals surface area contributed by atoms with E-state index in [1.807, 2.05) is 11.9 Å². The smallest absolute Gasteiger partial charge is 0.236 e. The van der Waals surface area contributed by atoms with Gasteiger partial charge in [0.2, 0.25) is 5.91 Å². The molecule has 0 aromatic rings. The molecule has 1 N–H and O–H groups in total. The molecule has 8 heteroatoms. The molecule has 3 aliphatic heterocycles. The molecule has 8 nitrogen and oxygen atoms in total. The van der Waals surface area contributed by atoms with Gasteiger partial charge in [-0.1, -0.05) is 0 Å². The summed E-state index contributed by atoms with van der Waals surface area (Å²) in [7, 11) is 6.18. The minimum atomic E-state index is 0.122. The number of ether oxygens (including phenoxy) is 1. The van der Waals surface area contributed by atoms with E-state index < -0.39 is 0 Å². The Bertz CT molecular complexity index is 547. The van der Waals surface area contributed by atoms with Crippen LogP contribution in [0.3, 0.4) is 0 Å². The van der Waals surface area contributed by atoms with Gasteiger partial charge < -0.3 is 24.8 Å². The van der Waals surface area contributed by atoms with Crippen LogP contribution in [0.5, 0.6) is 0 Å². The molecule has 0 spiro atoms. The molecule has 29 heavy (non-hydrogen) atoms. The minimum Gasteiger partial charge on any atom is -0.381 e. The van der Waals surface area contributed by atoms with E-state index in [4.69, 9.17) is 4.74 Å². The third kappa shape index (κ3) is 5.83. The molecule has 3 saturated heterocycles. The normalized spacial score (nSPS) is 24.1. The first-order chi connectivity index (χ1) is 14.0. The van der Waals surface area contributed by atoms with Crippen molar-refractivity contribution >= 4 is 11.9 Å². The van der Waals surface area contributed by atoms with Crippen LogP contribution in [0.4, 0.5) is 0 Å². The number of hydrogen-bond acceptors (Lipinski definition) is 5. The van der Waals surface area contributed by atoms with Crippen LogP contribution in [0.15, 0.2) is 4.99 Å². The summed E-state index contributed by atoms with van der Waals surface area (Å²) in [6.45, 7) is 8.59. The Morgan fingerprint density at radius 2 is 1.66 bits per heavy atom. The van der Waals surface area contributed by atoms with Gasteiger partial charge in [-0.25, -0.2) is 0 Å². The molecule has 0 unspecified atom stereocenters. The summed E-state index contributed by atoms with van der Waals surface area (Å²) in [5.41, 5.74) is 0.122. The van der Waals surface area contributed by atoms with E-state index in [1.54, 1.807) is 0 Å². The number of piperidine rings is 1. The fourth-order valence-electron chi connectivity index (χ4n) is 4.66. The molecule has 0 aromatic carbocycles. The molecule has 0 aliphatic carbocycles. The van der Waals surface area contributed by atoms with Crippen LogP contribution in [-0.2, 0) is 9.53 Å². The highest BCUT2D eigenvalue weighted by Crippen LogP contribution is 2.25. The number of carbonyl (C=O) groups is 1. The molecular weight excluding hydrogens is 368 g/mol. The second-order valence-corrected chi connectivity index (χ2v) is 8.84. The van der Waals surface area contributed by atoms with E-state index in [-0.39, 0.29) is 5.54 Å². The van der Waals surface area contributed by atoms with Crippen LogP contribution < -0.4 is 5.32 Å². The Kier molecular flexibility index (Phi) is 8.15. The lowest BCUT2D eigenvalue weighted by Gasteiger charge is -2.44. The zero-order valence-corrected chi connectivity index (χ0v) is 18.7. The molecular formula is C21H40N6O2. The quantitative estimate of drug-likeness (QED) is 0.522. The Morgan fingerprint density at radius 1 is 1.00 bits per heavy atom. The van der Waals surface area contributed by atoms with Crippen molar-refractivity contribution < 1.29 is 9.53 Å². The number of nitrogens with one attached hydrogen (secondary N) is 1. The van der Waals surface area contributed by atoms with Gasteiger partial charge in [-0.2, -0.15) is 0 Å². The summed E-state index contributed by atoms with van der Waals surface area (Å²) in [6, 6.07) is 0. The van der Waals surface area contributed by atoms with Crippen molar-refractivity contribution in [1.82, 2.24) is 24.9 Å². The lowest BCUT2D eigenvalue weighted by molar-refractivity contribution is -0.133. The van der Waals surface area contributed by atoms with Gasteiger partial charge in [-0.05, 0) is 46.2 Å². The molecule has 1 amide bonds. The van der Waals surface area contributed by atoms with Gasteiger partial charge in [0.1, 0.15) is 0 Å². The third-order valence-electron chi connectivity index (χ3n) is 6.90. The van der Waals surface area contributed by atoms with E-state index in [0.717, 1.165) is 90.7 Å². The zero-order valence-electron chi connectivity index (χ0n) is 18.7. The van der Waals surface area contributed by atoms with Crippen molar-refractivity contribution in [3.63, 3.8) is 0 Å². The van der Waals surface area contributed by atoms with Crippen molar-refractivity contribution in [2.75, 3.05) is 86.7 Å². The molecule has 3 fully saturated rings. The molecule has 0 saturated carbocycles. The SMILES string of the molecule is CN=C(NCC1(N(C)C)CCOCC1)N1CCN(CC(=O)N2CCCCC2)CC1. The average Bonchev–Trinajstić information content (AvgIpc) is 2.76. The number of likely N-dealkylation sites (N-methyl/N-ethyl adjacent to an activating group) is 1. The van der Waals surface area contributed by atoms with Crippen LogP contribution in [0.1, 0.15) is 32.1 Å². The number of piperazine rings is 1. The summed E-state index contributed by atoms with van der Waals surface area (Å²) in [4.78, 5) is 26.1. The topological polar surface area (TPSA) is 63.7 Å². The molecule has 3 rings (SSSR count). The van der Waals surface area contributed by atoms with Gasteiger partial charge >= 0.3 is 0 Å². The van der Waals surface area contributed by atoms with Gasteiger partial charge in [-0.15, -0.1) is 0 Å². The highest BCUT2D eigenvalue weighted by atomic mass is 16.5. The Balaban J connectivity index is 1.45. The Labute approximate surface area is 176 Å².